The standard InChI is InChI=1S/C25H36ClN5/c1-27-25(28-16-19-10-12-20(13-11-19)18-30(2)3)29-17-22-8-6-14-31(4)24(22)21-7-5-9-23(26)15-21/h5,7,9-13,15,22,24H,6,8,14,16-18H2,1-4H3,(H2,27,28,29). The van der Waals surface area contributed by atoms with E-state index in [1.807, 2.05) is 13.1 Å². The van der Waals surface area contributed by atoms with E-state index in [4.69, 9.17) is 11.6 Å². The van der Waals surface area contributed by atoms with Crippen LogP contribution in [0.15, 0.2) is 53.5 Å². The SMILES string of the molecule is CN=C(NCc1ccc(CN(C)C)cc1)NCC1CCCN(C)C1c1cccc(Cl)c1. The number of piperidine rings is 1. The molecular formula is C25H36ClN5. The Bertz CT molecular complexity index is 849. The Balaban J connectivity index is 1.56. The fraction of sp³-hybridized carbons (Fsp3) is 0.480. The molecule has 1 aliphatic rings. The van der Waals surface area contributed by atoms with Crippen molar-refractivity contribution in [2.45, 2.75) is 32.0 Å². The van der Waals surface area contributed by atoms with E-state index in [1.54, 1.807) is 0 Å². The number of nitrogens with zero attached hydrogens (tertiary/aromatic N) is 3. The number of rotatable bonds is 7. The number of hydrogen-bond acceptors (Lipinski definition) is 3. The molecule has 6 heteroatoms. The largest absolute Gasteiger partial charge is 0.356 e. The molecule has 2 atom stereocenters. The van der Waals surface area contributed by atoms with Crippen LogP contribution in [-0.2, 0) is 13.1 Å². The Morgan fingerprint density at radius 3 is 2.55 bits per heavy atom. The minimum atomic E-state index is 0.363. The van der Waals surface area contributed by atoms with Crippen LogP contribution >= 0.6 is 11.6 Å². The van der Waals surface area contributed by atoms with Gasteiger partial charge in [-0.25, -0.2) is 0 Å². The summed E-state index contributed by atoms with van der Waals surface area (Å²) in [7, 11) is 8.22. The van der Waals surface area contributed by atoms with Crippen molar-refractivity contribution in [3.63, 3.8) is 0 Å². The van der Waals surface area contributed by atoms with Crippen molar-refractivity contribution in [2.24, 2.45) is 10.9 Å². The highest BCUT2D eigenvalue weighted by molar-refractivity contribution is 6.30. The van der Waals surface area contributed by atoms with E-state index in [0.717, 1.165) is 37.2 Å². The molecule has 31 heavy (non-hydrogen) atoms. The predicted octanol–water partition coefficient (Wildman–Crippen LogP) is 4.15. The normalized spacial score (nSPS) is 20.1. The zero-order valence-corrected chi connectivity index (χ0v) is 20.0. The quantitative estimate of drug-likeness (QED) is 0.500. The van der Waals surface area contributed by atoms with E-state index in [2.05, 4.69) is 89.0 Å². The minimum Gasteiger partial charge on any atom is -0.356 e. The molecule has 1 aliphatic heterocycles. The molecule has 0 saturated carbocycles. The smallest absolute Gasteiger partial charge is 0.191 e. The van der Waals surface area contributed by atoms with Crippen LogP contribution in [0.1, 0.15) is 35.6 Å². The molecule has 1 saturated heterocycles. The molecular weight excluding hydrogens is 406 g/mol. The first kappa shape index (κ1) is 23.6. The number of benzene rings is 2. The monoisotopic (exact) mass is 441 g/mol. The van der Waals surface area contributed by atoms with Gasteiger partial charge in [0.1, 0.15) is 0 Å². The highest BCUT2D eigenvalue weighted by atomic mass is 35.5. The lowest BCUT2D eigenvalue weighted by molar-refractivity contribution is 0.122. The van der Waals surface area contributed by atoms with Crippen LogP contribution in [0.2, 0.25) is 5.02 Å². The summed E-state index contributed by atoms with van der Waals surface area (Å²) in [5, 5.41) is 7.81. The number of hydrogen-bond donors (Lipinski definition) is 2. The molecule has 0 aliphatic carbocycles. The van der Waals surface area contributed by atoms with Gasteiger partial charge in [-0.3, -0.25) is 9.89 Å². The van der Waals surface area contributed by atoms with Gasteiger partial charge in [-0.1, -0.05) is 48.0 Å². The Morgan fingerprint density at radius 2 is 1.87 bits per heavy atom. The molecule has 168 valence electrons. The van der Waals surface area contributed by atoms with Crippen molar-refractivity contribution < 1.29 is 0 Å². The van der Waals surface area contributed by atoms with Gasteiger partial charge < -0.3 is 15.5 Å². The van der Waals surface area contributed by atoms with Gasteiger partial charge in [0.05, 0.1) is 0 Å². The van der Waals surface area contributed by atoms with Crippen molar-refractivity contribution in [1.82, 2.24) is 20.4 Å². The Kier molecular flexibility index (Phi) is 8.76. The summed E-state index contributed by atoms with van der Waals surface area (Å²) < 4.78 is 0. The first-order valence-electron chi connectivity index (χ1n) is 11.1. The maximum Gasteiger partial charge on any atom is 0.191 e. The van der Waals surface area contributed by atoms with E-state index in [1.165, 1.54) is 29.5 Å². The second-order valence-electron chi connectivity index (χ2n) is 8.74. The van der Waals surface area contributed by atoms with Gasteiger partial charge in [-0.05, 0) is 75.3 Å². The van der Waals surface area contributed by atoms with Gasteiger partial charge >= 0.3 is 0 Å². The predicted molar refractivity (Wildman–Crippen MR) is 132 cm³/mol. The molecule has 0 aromatic heterocycles. The van der Waals surface area contributed by atoms with Crippen LogP contribution in [0, 0.1) is 5.92 Å². The van der Waals surface area contributed by atoms with E-state index < -0.39 is 0 Å². The van der Waals surface area contributed by atoms with Crippen molar-refractivity contribution >= 4 is 17.6 Å². The average molecular weight is 442 g/mol. The lowest BCUT2D eigenvalue weighted by Crippen LogP contribution is -2.44. The van der Waals surface area contributed by atoms with Crippen molar-refractivity contribution in [3.8, 4) is 0 Å². The van der Waals surface area contributed by atoms with Gasteiger partial charge in [0.15, 0.2) is 5.96 Å². The molecule has 1 fully saturated rings. The third-order valence-corrected chi connectivity index (χ3v) is 6.17. The van der Waals surface area contributed by atoms with Gasteiger partial charge in [-0.2, -0.15) is 0 Å². The van der Waals surface area contributed by atoms with Crippen LogP contribution in [-0.4, -0.2) is 57.0 Å². The number of guanidine groups is 1. The second-order valence-corrected chi connectivity index (χ2v) is 9.18. The molecule has 0 radical (unpaired) electrons. The second kappa shape index (κ2) is 11.5. The Morgan fingerprint density at radius 1 is 1.13 bits per heavy atom. The number of aliphatic imine (C=N–C) groups is 1. The zero-order valence-electron chi connectivity index (χ0n) is 19.2. The summed E-state index contributed by atoms with van der Waals surface area (Å²) in [5.41, 5.74) is 3.87. The number of likely N-dealkylation sites (tertiary alicyclic amines) is 1. The average Bonchev–Trinajstić information content (AvgIpc) is 2.74. The first-order chi connectivity index (χ1) is 15.0. The van der Waals surface area contributed by atoms with Gasteiger partial charge in [0.2, 0.25) is 0 Å². The first-order valence-corrected chi connectivity index (χ1v) is 11.5. The molecule has 1 heterocycles. The summed E-state index contributed by atoms with van der Waals surface area (Å²) in [6.45, 7) is 3.71. The maximum atomic E-state index is 6.28. The van der Waals surface area contributed by atoms with Crippen LogP contribution in [0.3, 0.4) is 0 Å². The third-order valence-electron chi connectivity index (χ3n) is 5.93. The van der Waals surface area contributed by atoms with E-state index >= 15 is 0 Å². The molecule has 2 N–H and O–H groups in total. The van der Waals surface area contributed by atoms with Crippen LogP contribution in [0.5, 0.6) is 0 Å². The third kappa shape index (κ3) is 6.96. The molecule has 5 nitrogen and oxygen atoms in total. The number of nitrogens with one attached hydrogen (secondary N) is 2. The lowest BCUT2D eigenvalue weighted by Gasteiger charge is -2.40. The van der Waals surface area contributed by atoms with Gasteiger partial charge in [0.25, 0.3) is 0 Å². The zero-order chi connectivity index (χ0) is 22.2. The summed E-state index contributed by atoms with van der Waals surface area (Å²) in [6.07, 6.45) is 2.41. The van der Waals surface area contributed by atoms with E-state index in [0.29, 0.717) is 12.0 Å². The van der Waals surface area contributed by atoms with Gasteiger partial charge in [0, 0.05) is 37.7 Å². The van der Waals surface area contributed by atoms with Crippen molar-refractivity contribution in [2.75, 3.05) is 41.3 Å². The molecule has 3 rings (SSSR count). The molecule has 0 amide bonds. The van der Waals surface area contributed by atoms with Crippen LogP contribution in [0.4, 0.5) is 0 Å². The summed E-state index contributed by atoms with van der Waals surface area (Å²) >= 11 is 6.28. The van der Waals surface area contributed by atoms with Crippen molar-refractivity contribution in [3.05, 3.63) is 70.2 Å². The minimum absolute atomic E-state index is 0.363. The topological polar surface area (TPSA) is 42.9 Å². The molecule has 2 unspecified atom stereocenters. The fourth-order valence-corrected chi connectivity index (χ4v) is 4.65. The van der Waals surface area contributed by atoms with Crippen LogP contribution < -0.4 is 10.6 Å². The highest BCUT2D eigenvalue weighted by Crippen LogP contribution is 2.35. The fourth-order valence-electron chi connectivity index (χ4n) is 4.45. The molecule has 0 bridgehead atoms. The molecule has 2 aromatic rings. The Labute approximate surface area is 192 Å². The number of halogens is 1. The van der Waals surface area contributed by atoms with Crippen molar-refractivity contribution in [1.29, 1.82) is 0 Å². The van der Waals surface area contributed by atoms with E-state index in [-0.39, 0.29) is 0 Å². The van der Waals surface area contributed by atoms with Crippen LogP contribution in [0.25, 0.3) is 0 Å². The Hall–Kier alpha value is -2.08. The van der Waals surface area contributed by atoms with Gasteiger partial charge in [-0.15, -0.1) is 0 Å². The maximum absolute atomic E-state index is 6.28. The van der Waals surface area contributed by atoms with E-state index in [9.17, 15) is 0 Å². The molecule has 2 aromatic carbocycles. The summed E-state index contributed by atoms with van der Waals surface area (Å²) in [6, 6.07) is 17.4. The lowest BCUT2D eigenvalue weighted by atomic mass is 9.85. The highest BCUT2D eigenvalue weighted by Gasteiger charge is 2.30. The summed E-state index contributed by atoms with van der Waals surface area (Å²) in [4.78, 5) is 9.06. The molecule has 0 spiro atoms. The summed E-state index contributed by atoms with van der Waals surface area (Å²) in [5.74, 6) is 1.34.